The van der Waals surface area contributed by atoms with Crippen LogP contribution in [-0.2, 0) is 10.4 Å². The first kappa shape index (κ1) is 13.0. The molecule has 1 aromatic rings. The van der Waals surface area contributed by atoms with Gasteiger partial charge in [0.15, 0.2) is 5.60 Å². The molecule has 1 saturated carbocycles. The van der Waals surface area contributed by atoms with E-state index in [-0.39, 0.29) is 18.4 Å². The van der Waals surface area contributed by atoms with Crippen LogP contribution in [0.5, 0.6) is 0 Å². The van der Waals surface area contributed by atoms with E-state index < -0.39 is 29.8 Å². The summed E-state index contributed by atoms with van der Waals surface area (Å²) in [4.78, 5) is 11.3. The van der Waals surface area contributed by atoms with E-state index >= 15 is 0 Å². The van der Waals surface area contributed by atoms with Crippen LogP contribution in [0.15, 0.2) is 30.3 Å². The molecule has 0 bridgehead atoms. The van der Waals surface area contributed by atoms with Crippen molar-refractivity contribution in [3.05, 3.63) is 35.9 Å². The fourth-order valence-corrected chi connectivity index (χ4v) is 2.53. The fraction of sp³-hybridized carbons (Fsp3) is 0.462. The minimum absolute atomic E-state index is 0.00466. The van der Waals surface area contributed by atoms with Crippen LogP contribution in [0.2, 0.25) is 0 Å². The number of hydrogen-bond donors (Lipinski definition) is 2. The molecule has 0 unspecified atom stereocenters. The van der Waals surface area contributed by atoms with Gasteiger partial charge in [0.2, 0.25) is 5.92 Å². The van der Waals surface area contributed by atoms with Crippen molar-refractivity contribution in [3.8, 4) is 0 Å². The van der Waals surface area contributed by atoms with Crippen molar-refractivity contribution >= 4 is 5.97 Å². The zero-order valence-corrected chi connectivity index (χ0v) is 9.64. The lowest BCUT2D eigenvalue weighted by Crippen LogP contribution is -2.42. The number of alkyl halides is 2. The van der Waals surface area contributed by atoms with E-state index in [2.05, 4.69) is 0 Å². The lowest BCUT2D eigenvalue weighted by Gasteiger charge is -2.30. The van der Waals surface area contributed by atoms with E-state index in [1.54, 1.807) is 18.2 Å². The molecule has 0 aromatic heterocycles. The van der Waals surface area contributed by atoms with Gasteiger partial charge >= 0.3 is 5.97 Å². The Hall–Kier alpha value is -1.49. The molecule has 0 radical (unpaired) electrons. The lowest BCUT2D eigenvalue weighted by molar-refractivity contribution is -0.167. The largest absolute Gasteiger partial charge is 0.479 e. The summed E-state index contributed by atoms with van der Waals surface area (Å²) < 4.78 is 26.4. The Labute approximate surface area is 103 Å². The first-order chi connectivity index (χ1) is 8.36. The van der Waals surface area contributed by atoms with Crippen molar-refractivity contribution in [3.63, 3.8) is 0 Å². The Morgan fingerprint density at radius 2 is 1.94 bits per heavy atom. The molecular formula is C13H14F2O3. The van der Waals surface area contributed by atoms with Crippen molar-refractivity contribution in [2.75, 3.05) is 0 Å². The summed E-state index contributed by atoms with van der Waals surface area (Å²) in [7, 11) is 0. The normalized spacial score (nSPS) is 25.6. The first-order valence-corrected chi connectivity index (χ1v) is 5.75. The van der Waals surface area contributed by atoms with Crippen LogP contribution in [0, 0.1) is 5.92 Å². The lowest BCUT2D eigenvalue weighted by atomic mass is 9.80. The van der Waals surface area contributed by atoms with Gasteiger partial charge in [-0.15, -0.1) is 0 Å². The van der Waals surface area contributed by atoms with Crippen molar-refractivity contribution in [2.24, 2.45) is 5.92 Å². The van der Waals surface area contributed by atoms with Crippen LogP contribution in [-0.4, -0.2) is 22.1 Å². The second kappa shape index (κ2) is 4.31. The third-order valence-corrected chi connectivity index (χ3v) is 3.53. The quantitative estimate of drug-likeness (QED) is 0.873. The first-order valence-electron chi connectivity index (χ1n) is 5.75. The number of carbonyl (C=O) groups is 1. The molecule has 1 aromatic carbocycles. The predicted octanol–water partition coefficient (Wildman–Crippen LogP) is 2.39. The highest BCUT2D eigenvalue weighted by Gasteiger charge is 2.53. The average molecular weight is 256 g/mol. The van der Waals surface area contributed by atoms with Gasteiger partial charge in [-0.3, -0.25) is 0 Å². The third-order valence-electron chi connectivity index (χ3n) is 3.53. The summed E-state index contributed by atoms with van der Waals surface area (Å²) in [5.41, 5.74) is -2.08. The topological polar surface area (TPSA) is 57.5 Å². The zero-order chi connectivity index (χ0) is 13.4. The van der Waals surface area contributed by atoms with Crippen molar-refractivity contribution < 1.29 is 23.8 Å². The van der Waals surface area contributed by atoms with E-state index in [1.165, 1.54) is 12.1 Å². The molecular weight excluding hydrogens is 242 g/mol. The van der Waals surface area contributed by atoms with Gasteiger partial charge in [-0.2, -0.15) is 0 Å². The summed E-state index contributed by atoms with van der Waals surface area (Å²) in [6, 6.07) is 7.73. The molecule has 2 atom stereocenters. The van der Waals surface area contributed by atoms with Crippen LogP contribution in [0.1, 0.15) is 24.8 Å². The fourth-order valence-electron chi connectivity index (χ4n) is 2.53. The number of rotatable bonds is 3. The molecule has 0 saturated heterocycles. The molecule has 5 heteroatoms. The van der Waals surface area contributed by atoms with Gasteiger partial charge in [0.05, 0.1) is 0 Å². The highest BCUT2D eigenvalue weighted by atomic mass is 19.3. The maximum absolute atomic E-state index is 13.2. The Kier molecular flexibility index (Phi) is 3.11. The number of aliphatic carboxylic acids is 1. The molecule has 0 aliphatic heterocycles. The molecule has 3 nitrogen and oxygen atoms in total. The van der Waals surface area contributed by atoms with Gasteiger partial charge in [-0.1, -0.05) is 30.3 Å². The molecule has 0 spiro atoms. The maximum Gasteiger partial charge on any atom is 0.340 e. The predicted molar refractivity (Wildman–Crippen MR) is 60.3 cm³/mol. The minimum Gasteiger partial charge on any atom is -0.479 e. The molecule has 2 N–H and O–H groups in total. The molecule has 98 valence electrons. The van der Waals surface area contributed by atoms with Crippen LogP contribution in [0.25, 0.3) is 0 Å². The standard InChI is InChI=1S/C13H14F2O3/c14-12(15)7-6-10(8-12)13(18,11(16)17)9-4-2-1-3-5-9/h1-5,10,18H,6-8H2,(H,16,17)/t10-,13+/m0/s1. The number of carboxylic acid groups (broad SMARTS) is 1. The summed E-state index contributed by atoms with van der Waals surface area (Å²) in [6.45, 7) is 0. The number of halogens is 2. The van der Waals surface area contributed by atoms with Gasteiger partial charge in [0.25, 0.3) is 0 Å². The Morgan fingerprint density at radius 3 is 2.39 bits per heavy atom. The Morgan fingerprint density at radius 1 is 1.33 bits per heavy atom. The molecule has 0 amide bonds. The van der Waals surface area contributed by atoms with Crippen molar-refractivity contribution in [1.29, 1.82) is 0 Å². The van der Waals surface area contributed by atoms with E-state index in [1.807, 2.05) is 0 Å². The van der Waals surface area contributed by atoms with E-state index in [0.29, 0.717) is 0 Å². The van der Waals surface area contributed by atoms with Gasteiger partial charge in [-0.05, 0) is 12.0 Å². The second-order valence-corrected chi connectivity index (χ2v) is 4.73. The van der Waals surface area contributed by atoms with E-state index in [9.17, 15) is 23.8 Å². The summed E-state index contributed by atoms with van der Waals surface area (Å²) in [5.74, 6) is -5.33. The number of aliphatic hydroxyl groups is 1. The molecule has 2 rings (SSSR count). The number of benzene rings is 1. The van der Waals surface area contributed by atoms with Gasteiger partial charge < -0.3 is 10.2 Å². The highest BCUT2D eigenvalue weighted by Crippen LogP contribution is 2.47. The van der Waals surface area contributed by atoms with Crippen molar-refractivity contribution in [1.82, 2.24) is 0 Å². The molecule has 1 aliphatic rings. The van der Waals surface area contributed by atoms with Crippen molar-refractivity contribution in [2.45, 2.75) is 30.8 Å². The highest BCUT2D eigenvalue weighted by molar-refractivity contribution is 5.79. The molecule has 0 heterocycles. The average Bonchev–Trinajstić information content (AvgIpc) is 2.70. The van der Waals surface area contributed by atoms with Crippen LogP contribution >= 0.6 is 0 Å². The van der Waals surface area contributed by atoms with Crippen LogP contribution in [0.4, 0.5) is 8.78 Å². The number of carboxylic acids is 1. The van der Waals surface area contributed by atoms with Gasteiger partial charge in [0, 0.05) is 18.8 Å². The summed E-state index contributed by atoms with van der Waals surface area (Å²) >= 11 is 0. The number of hydrogen-bond acceptors (Lipinski definition) is 2. The molecule has 18 heavy (non-hydrogen) atoms. The monoisotopic (exact) mass is 256 g/mol. The van der Waals surface area contributed by atoms with E-state index in [0.717, 1.165) is 0 Å². The SMILES string of the molecule is O=C(O)[C@@](O)(c1ccccc1)[C@H]1CCC(F)(F)C1. The zero-order valence-electron chi connectivity index (χ0n) is 9.64. The maximum atomic E-state index is 13.2. The summed E-state index contributed by atoms with van der Waals surface area (Å²) in [5, 5.41) is 19.6. The molecule has 1 aliphatic carbocycles. The van der Waals surface area contributed by atoms with Crippen LogP contribution in [0.3, 0.4) is 0 Å². The molecule has 1 fully saturated rings. The van der Waals surface area contributed by atoms with Gasteiger partial charge in [-0.25, -0.2) is 13.6 Å². The Bertz CT molecular complexity index is 447. The second-order valence-electron chi connectivity index (χ2n) is 4.73. The Balaban J connectivity index is 2.37. The van der Waals surface area contributed by atoms with Crippen LogP contribution < -0.4 is 0 Å². The van der Waals surface area contributed by atoms with Gasteiger partial charge in [0.1, 0.15) is 0 Å². The summed E-state index contributed by atoms with van der Waals surface area (Å²) in [6.07, 6.45) is -0.963. The third kappa shape index (κ3) is 2.10. The van der Waals surface area contributed by atoms with E-state index in [4.69, 9.17) is 0 Å². The smallest absolute Gasteiger partial charge is 0.340 e. The minimum atomic E-state index is -2.89.